The Morgan fingerprint density at radius 1 is 1.30 bits per heavy atom. The first-order valence-corrected chi connectivity index (χ1v) is 4.14. The molecule has 1 heteroatoms. The van der Waals surface area contributed by atoms with Crippen LogP contribution in [0.3, 0.4) is 0 Å². The Morgan fingerprint density at radius 2 is 1.90 bits per heavy atom. The molecule has 0 atom stereocenters. The van der Waals surface area contributed by atoms with E-state index in [2.05, 4.69) is 31.0 Å². The quantitative estimate of drug-likeness (QED) is 0.501. The van der Waals surface area contributed by atoms with Crippen LogP contribution in [0.5, 0.6) is 0 Å². The van der Waals surface area contributed by atoms with Crippen molar-refractivity contribution in [2.24, 2.45) is 5.92 Å². The van der Waals surface area contributed by atoms with E-state index in [4.69, 9.17) is 0 Å². The maximum absolute atomic E-state index is 2.40. The van der Waals surface area contributed by atoms with Crippen molar-refractivity contribution in [3.05, 3.63) is 12.2 Å². The van der Waals surface area contributed by atoms with Crippen molar-refractivity contribution < 1.29 is 0 Å². The van der Waals surface area contributed by atoms with Gasteiger partial charge in [0.25, 0.3) is 0 Å². The molecule has 0 aromatic rings. The van der Waals surface area contributed by atoms with Crippen LogP contribution in [0.2, 0.25) is 0 Å². The lowest BCUT2D eigenvalue weighted by atomic mass is 9.97. The topological polar surface area (TPSA) is 3.24 Å². The third-order valence-electron chi connectivity index (χ3n) is 2.23. The molecule has 1 aliphatic rings. The summed E-state index contributed by atoms with van der Waals surface area (Å²) in [5, 5.41) is 0. The molecule has 0 aliphatic carbocycles. The minimum atomic E-state index is 0.862. The lowest BCUT2D eigenvalue weighted by molar-refractivity contribution is 0.244. The van der Waals surface area contributed by atoms with E-state index in [9.17, 15) is 0 Å². The molecule has 1 heterocycles. The van der Waals surface area contributed by atoms with Crippen molar-refractivity contribution in [2.75, 3.05) is 20.1 Å². The number of hydrogen-bond acceptors (Lipinski definition) is 1. The number of likely N-dealkylation sites (tertiary alicyclic amines) is 1. The Kier molecular flexibility index (Phi) is 2.94. The van der Waals surface area contributed by atoms with Crippen molar-refractivity contribution >= 4 is 0 Å². The van der Waals surface area contributed by atoms with Gasteiger partial charge in [0.1, 0.15) is 0 Å². The van der Waals surface area contributed by atoms with Crippen LogP contribution >= 0.6 is 0 Å². The van der Waals surface area contributed by atoms with Gasteiger partial charge in [-0.2, -0.15) is 0 Å². The fourth-order valence-corrected chi connectivity index (χ4v) is 1.49. The van der Waals surface area contributed by atoms with E-state index in [0.717, 1.165) is 5.92 Å². The van der Waals surface area contributed by atoms with E-state index in [1.54, 1.807) is 0 Å². The number of allylic oxidation sites excluding steroid dienone is 2. The molecule has 1 nitrogen and oxygen atoms in total. The van der Waals surface area contributed by atoms with E-state index in [0.29, 0.717) is 0 Å². The van der Waals surface area contributed by atoms with Crippen molar-refractivity contribution in [1.29, 1.82) is 0 Å². The van der Waals surface area contributed by atoms with Crippen LogP contribution in [-0.4, -0.2) is 25.0 Å². The van der Waals surface area contributed by atoms with Gasteiger partial charge < -0.3 is 4.90 Å². The summed E-state index contributed by atoms with van der Waals surface area (Å²) in [4.78, 5) is 2.40. The van der Waals surface area contributed by atoms with Crippen LogP contribution in [0.4, 0.5) is 0 Å². The zero-order valence-corrected chi connectivity index (χ0v) is 7.01. The Hall–Kier alpha value is -0.300. The molecule has 1 saturated heterocycles. The molecule has 0 bridgehead atoms. The van der Waals surface area contributed by atoms with Crippen LogP contribution in [-0.2, 0) is 0 Å². The molecule has 0 aromatic heterocycles. The minimum Gasteiger partial charge on any atom is -0.306 e. The number of piperidine rings is 1. The fourth-order valence-electron chi connectivity index (χ4n) is 1.49. The molecule has 0 aromatic carbocycles. The highest BCUT2D eigenvalue weighted by atomic mass is 15.1. The highest BCUT2D eigenvalue weighted by Crippen LogP contribution is 2.16. The molecule has 0 saturated carbocycles. The molecule has 1 fully saturated rings. The van der Waals surface area contributed by atoms with Crippen molar-refractivity contribution in [1.82, 2.24) is 4.90 Å². The first-order chi connectivity index (χ1) is 4.83. The highest BCUT2D eigenvalue weighted by Gasteiger charge is 2.12. The Balaban J connectivity index is 2.26. The van der Waals surface area contributed by atoms with Crippen LogP contribution in [0, 0.1) is 5.92 Å². The van der Waals surface area contributed by atoms with Gasteiger partial charge in [0.2, 0.25) is 0 Å². The summed E-state index contributed by atoms with van der Waals surface area (Å²) in [6.07, 6.45) is 7.21. The zero-order valence-electron chi connectivity index (χ0n) is 7.01. The Morgan fingerprint density at radius 3 is 2.40 bits per heavy atom. The van der Waals surface area contributed by atoms with Gasteiger partial charge in [-0.25, -0.2) is 0 Å². The first-order valence-electron chi connectivity index (χ1n) is 4.14. The summed E-state index contributed by atoms with van der Waals surface area (Å²) in [7, 11) is 2.20. The molecule has 1 aliphatic heterocycles. The highest BCUT2D eigenvalue weighted by molar-refractivity contribution is 4.88. The van der Waals surface area contributed by atoms with Crippen molar-refractivity contribution in [3.8, 4) is 0 Å². The van der Waals surface area contributed by atoms with Gasteiger partial charge in [0.05, 0.1) is 0 Å². The maximum atomic E-state index is 2.40. The van der Waals surface area contributed by atoms with Crippen molar-refractivity contribution in [2.45, 2.75) is 19.8 Å². The molecule has 0 amide bonds. The van der Waals surface area contributed by atoms with Gasteiger partial charge in [-0.3, -0.25) is 0 Å². The summed E-state index contributed by atoms with van der Waals surface area (Å²) >= 11 is 0. The smallest absolute Gasteiger partial charge is 0.00162 e. The van der Waals surface area contributed by atoms with Gasteiger partial charge in [-0.05, 0) is 45.8 Å². The fraction of sp³-hybridized carbons (Fsp3) is 0.778. The molecule has 0 unspecified atom stereocenters. The molecule has 58 valence electrons. The molecule has 10 heavy (non-hydrogen) atoms. The second kappa shape index (κ2) is 3.77. The van der Waals surface area contributed by atoms with Gasteiger partial charge in [0.15, 0.2) is 0 Å². The summed E-state index contributed by atoms with van der Waals surface area (Å²) < 4.78 is 0. The average molecular weight is 139 g/mol. The molecular formula is C9H17N. The summed E-state index contributed by atoms with van der Waals surface area (Å²) in [5.74, 6) is 0.862. The zero-order chi connectivity index (χ0) is 7.40. The Bertz CT molecular complexity index is 110. The van der Waals surface area contributed by atoms with Crippen LogP contribution in [0.15, 0.2) is 12.2 Å². The minimum absolute atomic E-state index is 0.862. The van der Waals surface area contributed by atoms with E-state index in [-0.39, 0.29) is 0 Å². The van der Waals surface area contributed by atoms with E-state index in [1.807, 2.05) is 0 Å². The second-order valence-corrected chi connectivity index (χ2v) is 3.17. The monoisotopic (exact) mass is 139 g/mol. The van der Waals surface area contributed by atoms with E-state index in [1.165, 1.54) is 25.9 Å². The van der Waals surface area contributed by atoms with Crippen LogP contribution in [0.1, 0.15) is 19.8 Å². The predicted molar refractivity (Wildman–Crippen MR) is 45.0 cm³/mol. The number of nitrogens with zero attached hydrogens (tertiary/aromatic N) is 1. The molecule has 0 N–H and O–H groups in total. The standard InChI is InChI=1S/C9H17N/c1-3-4-9-5-7-10(2)8-6-9/h3-4,9H,5-8H2,1-2H3/b4-3-. The second-order valence-electron chi connectivity index (χ2n) is 3.17. The van der Waals surface area contributed by atoms with Gasteiger partial charge in [-0.15, -0.1) is 0 Å². The third kappa shape index (κ3) is 2.14. The van der Waals surface area contributed by atoms with E-state index < -0.39 is 0 Å². The van der Waals surface area contributed by atoms with E-state index >= 15 is 0 Å². The lowest BCUT2D eigenvalue weighted by Crippen LogP contribution is -2.29. The van der Waals surface area contributed by atoms with Crippen LogP contribution < -0.4 is 0 Å². The lowest BCUT2D eigenvalue weighted by Gasteiger charge is -2.26. The predicted octanol–water partition coefficient (Wildman–Crippen LogP) is 1.90. The van der Waals surface area contributed by atoms with Gasteiger partial charge >= 0.3 is 0 Å². The van der Waals surface area contributed by atoms with Crippen molar-refractivity contribution in [3.63, 3.8) is 0 Å². The number of rotatable bonds is 1. The first kappa shape index (κ1) is 7.80. The summed E-state index contributed by atoms with van der Waals surface area (Å²) in [6, 6.07) is 0. The average Bonchev–Trinajstić information content (AvgIpc) is 1.95. The largest absolute Gasteiger partial charge is 0.306 e. The Labute approximate surface area is 63.7 Å². The normalized spacial score (nSPS) is 24.2. The molecular weight excluding hydrogens is 122 g/mol. The third-order valence-corrected chi connectivity index (χ3v) is 2.23. The van der Waals surface area contributed by atoms with Gasteiger partial charge in [-0.1, -0.05) is 12.2 Å². The SMILES string of the molecule is C/C=C\C1CCN(C)CC1. The maximum Gasteiger partial charge on any atom is -0.00162 e. The summed E-state index contributed by atoms with van der Waals surface area (Å²) in [5.41, 5.74) is 0. The molecule has 1 rings (SSSR count). The molecule has 0 radical (unpaired) electrons. The summed E-state index contributed by atoms with van der Waals surface area (Å²) in [6.45, 7) is 4.66. The van der Waals surface area contributed by atoms with Gasteiger partial charge in [0, 0.05) is 0 Å². The van der Waals surface area contributed by atoms with Crippen LogP contribution in [0.25, 0.3) is 0 Å². The molecule has 0 spiro atoms. The number of hydrogen-bond donors (Lipinski definition) is 0.